The van der Waals surface area contributed by atoms with Gasteiger partial charge in [-0.1, -0.05) is 24.3 Å². The lowest BCUT2D eigenvalue weighted by molar-refractivity contribution is 0.315. The molecule has 0 atom stereocenters. The van der Waals surface area contributed by atoms with Crippen LogP contribution in [0.25, 0.3) is 21.9 Å². The van der Waals surface area contributed by atoms with E-state index in [9.17, 15) is 8.42 Å². The summed E-state index contributed by atoms with van der Waals surface area (Å²) >= 11 is 0. The first-order valence-electron chi connectivity index (χ1n) is 7.76. The summed E-state index contributed by atoms with van der Waals surface area (Å²) < 4.78 is 33.0. The largest absolute Gasteiger partial charge is 0.377 e. The second-order valence-electron chi connectivity index (χ2n) is 5.96. The Balaban J connectivity index is 1.81. The van der Waals surface area contributed by atoms with Gasteiger partial charge >= 0.3 is 0 Å². The second-order valence-corrected chi connectivity index (χ2v) is 7.61. The van der Waals surface area contributed by atoms with Gasteiger partial charge in [0.1, 0.15) is 0 Å². The fraction of sp³-hybridized carbons (Fsp3) is 0.118. The van der Waals surface area contributed by atoms with Gasteiger partial charge in [0.2, 0.25) is 5.65 Å². The van der Waals surface area contributed by atoms with Gasteiger partial charge in [0.05, 0.1) is 16.8 Å². The molecule has 0 spiro atoms. The monoisotopic (exact) mass is 369 g/mol. The minimum Gasteiger partial charge on any atom is -0.377 e. The fourth-order valence-electron chi connectivity index (χ4n) is 2.84. The van der Waals surface area contributed by atoms with Gasteiger partial charge in [0.25, 0.3) is 10.0 Å². The second kappa shape index (κ2) is 5.95. The van der Waals surface area contributed by atoms with Crippen molar-refractivity contribution >= 4 is 43.3 Å². The molecule has 0 aliphatic rings. The van der Waals surface area contributed by atoms with Crippen LogP contribution in [0.1, 0.15) is 0 Å². The van der Waals surface area contributed by atoms with Crippen LogP contribution < -0.4 is 9.62 Å². The van der Waals surface area contributed by atoms with Gasteiger partial charge < -0.3 is 4.90 Å². The summed E-state index contributed by atoms with van der Waals surface area (Å²) in [6.45, 7) is 0. The van der Waals surface area contributed by atoms with E-state index in [2.05, 4.69) is 24.6 Å². The summed E-state index contributed by atoms with van der Waals surface area (Å²) in [6, 6.07) is 12.3. The lowest BCUT2D eigenvalue weighted by Gasteiger charge is -2.17. The molecular weight excluding hydrogens is 354 g/mol. The molecule has 1 N–H and O–H groups in total. The van der Waals surface area contributed by atoms with Crippen molar-refractivity contribution in [1.82, 2.24) is 15.3 Å². The van der Waals surface area contributed by atoms with Gasteiger partial charge in [-0.05, 0) is 28.5 Å². The zero-order valence-electron chi connectivity index (χ0n) is 14.0. The number of fused-ring (bicyclic) bond motifs is 2. The quantitative estimate of drug-likeness (QED) is 0.590. The van der Waals surface area contributed by atoms with Crippen LogP contribution >= 0.6 is 0 Å². The van der Waals surface area contributed by atoms with Crippen molar-refractivity contribution in [3.05, 3.63) is 48.7 Å². The van der Waals surface area contributed by atoms with Crippen LogP contribution in [0.2, 0.25) is 0 Å². The normalized spacial score (nSPS) is 11.8. The van der Waals surface area contributed by atoms with E-state index in [1.165, 1.54) is 12.3 Å². The Labute approximate surface area is 149 Å². The number of benzene rings is 2. The number of anilines is 2. The molecule has 2 aromatic carbocycles. The molecule has 0 aliphatic carbocycles. The minimum atomic E-state index is -3.82. The highest BCUT2D eigenvalue weighted by Gasteiger charge is 2.19. The van der Waals surface area contributed by atoms with E-state index in [0.717, 1.165) is 11.1 Å². The van der Waals surface area contributed by atoms with E-state index in [1.807, 2.05) is 37.2 Å². The summed E-state index contributed by atoms with van der Waals surface area (Å²) in [6.07, 6.45) is 1.38. The van der Waals surface area contributed by atoms with Crippen LogP contribution in [0.15, 0.2) is 58.2 Å². The molecule has 0 unspecified atom stereocenters. The first-order valence-corrected chi connectivity index (χ1v) is 9.24. The molecule has 0 fully saturated rings. The summed E-state index contributed by atoms with van der Waals surface area (Å²) in [4.78, 5) is 6.16. The number of rotatable bonds is 4. The molecule has 4 aromatic rings. The van der Waals surface area contributed by atoms with Crippen LogP contribution in [0.5, 0.6) is 0 Å². The number of sulfonamides is 1. The molecule has 2 aromatic heterocycles. The topological polar surface area (TPSA) is 101 Å². The van der Waals surface area contributed by atoms with E-state index in [0.29, 0.717) is 16.6 Å². The summed E-state index contributed by atoms with van der Waals surface area (Å²) in [5, 5.41) is 8.77. The third-order valence-electron chi connectivity index (χ3n) is 4.00. The van der Waals surface area contributed by atoms with Crippen LogP contribution in [0.4, 0.5) is 11.4 Å². The number of hydrogen-bond donors (Lipinski definition) is 1. The van der Waals surface area contributed by atoms with Gasteiger partial charge in [-0.25, -0.2) is 18.0 Å². The van der Waals surface area contributed by atoms with Crippen LogP contribution in [0, 0.1) is 0 Å². The number of aromatic nitrogens is 3. The van der Waals surface area contributed by atoms with E-state index < -0.39 is 10.0 Å². The SMILES string of the molecule is CN(C)c1cccc2c(S(=O)(=O)Nc3cnc4nonc4c3)cccc12. The van der Waals surface area contributed by atoms with E-state index in [-0.39, 0.29) is 10.6 Å². The number of nitrogens with one attached hydrogen (secondary N) is 1. The molecule has 0 bridgehead atoms. The molecule has 0 saturated carbocycles. The maximum absolute atomic E-state index is 13.0. The molecule has 9 heteroatoms. The number of pyridine rings is 1. The fourth-order valence-corrected chi connectivity index (χ4v) is 4.10. The molecule has 0 radical (unpaired) electrons. The van der Waals surface area contributed by atoms with Gasteiger partial charge in [-0.15, -0.1) is 0 Å². The third kappa shape index (κ3) is 2.72. The molecule has 8 nitrogen and oxygen atoms in total. The van der Waals surface area contributed by atoms with Gasteiger partial charge in [0.15, 0.2) is 5.52 Å². The van der Waals surface area contributed by atoms with Gasteiger partial charge in [0, 0.05) is 30.6 Å². The molecule has 0 aliphatic heterocycles. The third-order valence-corrected chi connectivity index (χ3v) is 5.44. The zero-order chi connectivity index (χ0) is 18.3. The van der Waals surface area contributed by atoms with Crippen molar-refractivity contribution in [2.24, 2.45) is 0 Å². The smallest absolute Gasteiger partial charge is 0.262 e. The average Bonchev–Trinajstić information content (AvgIpc) is 3.08. The molecular formula is C17H15N5O3S. The van der Waals surface area contributed by atoms with Crippen molar-refractivity contribution < 1.29 is 13.0 Å². The first-order chi connectivity index (χ1) is 12.5. The van der Waals surface area contributed by atoms with E-state index in [1.54, 1.807) is 18.2 Å². The lowest BCUT2D eigenvalue weighted by atomic mass is 10.1. The molecule has 132 valence electrons. The lowest BCUT2D eigenvalue weighted by Crippen LogP contribution is -2.14. The van der Waals surface area contributed by atoms with E-state index >= 15 is 0 Å². The maximum atomic E-state index is 13.0. The van der Waals surface area contributed by atoms with Crippen LogP contribution in [-0.2, 0) is 10.0 Å². The first kappa shape index (κ1) is 16.3. The highest BCUT2D eigenvalue weighted by molar-refractivity contribution is 7.93. The van der Waals surface area contributed by atoms with Gasteiger partial charge in [-0.3, -0.25) is 4.72 Å². The summed E-state index contributed by atoms with van der Waals surface area (Å²) in [5.41, 5.74) is 1.91. The Morgan fingerprint density at radius 1 is 1.04 bits per heavy atom. The Hall–Kier alpha value is -3.20. The Morgan fingerprint density at radius 3 is 2.62 bits per heavy atom. The van der Waals surface area contributed by atoms with Crippen molar-refractivity contribution in [1.29, 1.82) is 0 Å². The minimum absolute atomic E-state index is 0.192. The Bertz CT molecular complexity index is 1220. The Kier molecular flexibility index (Phi) is 3.73. The van der Waals surface area contributed by atoms with Crippen molar-refractivity contribution in [3.8, 4) is 0 Å². The predicted octanol–water partition coefficient (Wildman–Crippen LogP) is 2.64. The van der Waals surface area contributed by atoms with Crippen molar-refractivity contribution in [2.75, 3.05) is 23.7 Å². The van der Waals surface area contributed by atoms with Crippen molar-refractivity contribution in [2.45, 2.75) is 4.90 Å². The maximum Gasteiger partial charge on any atom is 0.262 e. The molecule has 4 rings (SSSR count). The Morgan fingerprint density at radius 2 is 1.81 bits per heavy atom. The standard InChI is InChI=1S/C17H15N5O3S/c1-22(2)15-7-3-6-13-12(15)5-4-8-16(13)26(23,24)21-11-9-14-17(18-10-11)20-25-19-14/h3-10,21H,1-2H3. The average molecular weight is 369 g/mol. The number of hydrogen-bond acceptors (Lipinski definition) is 7. The molecule has 0 amide bonds. The van der Waals surface area contributed by atoms with Crippen molar-refractivity contribution in [3.63, 3.8) is 0 Å². The van der Waals surface area contributed by atoms with Gasteiger partial charge in [-0.2, -0.15) is 0 Å². The predicted molar refractivity (Wildman–Crippen MR) is 98.7 cm³/mol. The molecule has 26 heavy (non-hydrogen) atoms. The molecule has 0 saturated heterocycles. The highest BCUT2D eigenvalue weighted by atomic mass is 32.2. The zero-order valence-corrected chi connectivity index (χ0v) is 14.9. The van der Waals surface area contributed by atoms with Crippen LogP contribution in [0.3, 0.4) is 0 Å². The molecule has 2 heterocycles. The summed E-state index contributed by atoms with van der Waals surface area (Å²) in [7, 11) is 0.0140. The van der Waals surface area contributed by atoms with E-state index in [4.69, 9.17) is 0 Å². The highest BCUT2D eigenvalue weighted by Crippen LogP contribution is 2.31. The van der Waals surface area contributed by atoms with Crippen LogP contribution in [-0.4, -0.2) is 37.8 Å². The summed E-state index contributed by atoms with van der Waals surface area (Å²) in [5.74, 6) is 0. The number of nitrogens with zero attached hydrogens (tertiary/aromatic N) is 4.